The summed E-state index contributed by atoms with van der Waals surface area (Å²) in [6.07, 6.45) is 1.10. The number of carbonyl (C=O) groups is 1. The van der Waals surface area contributed by atoms with Gasteiger partial charge in [-0.15, -0.1) is 0 Å². The zero-order valence-corrected chi connectivity index (χ0v) is 16.0. The molecular formula is C19H31NO4. The molecule has 0 aliphatic carbocycles. The second-order valence-electron chi connectivity index (χ2n) is 6.57. The fraction of sp³-hybridized carbons (Fsp3) is 0.632. The predicted octanol–water partition coefficient (Wildman–Crippen LogP) is 3.54. The molecule has 5 heteroatoms. The molecule has 0 spiro atoms. The van der Waals surface area contributed by atoms with Crippen LogP contribution in [0, 0.1) is 5.92 Å². The number of ether oxygens (including phenoxy) is 3. The van der Waals surface area contributed by atoms with Gasteiger partial charge in [0.2, 0.25) is 11.7 Å². The van der Waals surface area contributed by atoms with E-state index >= 15 is 0 Å². The molecule has 0 aromatic heterocycles. The smallest absolute Gasteiger partial charge is 0.223 e. The molecule has 136 valence electrons. The summed E-state index contributed by atoms with van der Waals surface area (Å²) >= 11 is 0. The molecule has 1 aromatic carbocycles. The van der Waals surface area contributed by atoms with E-state index in [1.54, 1.807) is 21.3 Å². The van der Waals surface area contributed by atoms with Crippen LogP contribution in [0.4, 0.5) is 0 Å². The number of rotatable bonds is 9. The maximum atomic E-state index is 12.6. The molecule has 0 aliphatic heterocycles. The largest absolute Gasteiger partial charge is 0.493 e. The second-order valence-corrected chi connectivity index (χ2v) is 6.57. The Bertz CT molecular complexity index is 515. The Morgan fingerprint density at radius 1 is 1.00 bits per heavy atom. The van der Waals surface area contributed by atoms with Crippen LogP contribution in [0.25, 0.3) is 0 Å². The number of benzene rings is 1. The van der Waals surface area contributed by atoms with Crippen molar-refractivity contribution in [3.63, 3.8) is 0 Å². The highest BCUT2D eigenvalue weighted by atomic mass is 16.5. The molecule has 0 N–H and O–H groups in total. The van der Waals surface area contributed by atoms with Gasteiger partial charge in [-0.05, 0) is 43.9 Å². The number of nitrogens with zero attached hydrogens (tertiary/aromatic N) is 1. The van der Waals surface area contributed by atoms with E-state index < -0.39 is 0 Å². The molecule has 0 atom stereocenters. The van der Waals surface area contributed by atoms with Crippen LogP contribution in [-0.2, 0) is 11.2 Å². The van der Waals surface area contributed by atoms with Gasteiger partial charge in [0.25, 0.3) is 0 Å². The highest BCUT2D eigenvalue weighted by molar-refractivity contribution is 5.76. The minimum absolute atomic E-state index is 0.174. The molecule has 0 bridgehead atoms. The first-order valence-electron chi connectivity index (χ1n) is 8.42. The van der Waals surface area contributed by atoms with E-state index in [0.29, 0.717) is 36.0 Å². The van der Waals surface area contributed by atoms with E-state index in [4.69, 9.17) is 14.2 Å². The molecule has 1 rings (SSSR count). The standard InChI is InChI=1S/C19H31NO4/c1-13(2)12-20(14(3)4)18(21)9-8-15-10-16(22-5)19(24-7)17(11-15)23-6/h10-11,13-14H,8-9,12H2,1-7H3. The molecule has 0 unspecified atom stereocenters. The summed E-state index contributed by atoms with van der Waals surface area (Å²) in [5.74, 6) is 2.42. The van der Waals surface area contributed by atoms with Gasteiger partial charge in [0.05, 0.1) is 21.3 Å². The topological polar surface area (TPSA) is 48.0 Å². The average Bonchev–Trinajstić information content (AvgIpc) is 2.55. The summed E-state index contributed by atoms with van der Waals surface area (Å²) in [4.78, 5) is 14.5. The Hall–Kier alpha value is -1.91. The third kappa shape index (κ3) is 5.32. The van der Waals surface area contributed by atoms with Gasteiger partial charge in [0.15, 0.2) is 11.5 Å². The van der Waals surface area contributed by atoms with Crippen LogP contribution in [0.5, 0.6) is 17.2 Å². The van der Waals surface area contributed by atoms with Gasteiger partial charge in [-0.25, -0.2) is 0 Å². The summed E-state index contributed by atoms with van der Waals surface area (Å²) in [5.41, 5.74) is 0.992. The van der Waals surface area contributed by atoms with Crippen molar-refractivity contribution in [1.82, 2.24) is 4.90 Å². The van der Waals surface area contributed by atoms with Gasteiger partial charge in [-0.2, -0.15) is 0 Å². The number of methoxy groups -OCH3 is 3. The monoisotopic (exact) mass is 337 g/mol. The fourth-order valence-corrected chi connectivity index (χ4v) is 2.67. The van der Waals surface area contributed by atoms with Crippen molar-refractivity contribution in [1.29, 1.82) is 0 Å². The molecular weight excluding hydrogens is 306 g/mol. The Morgan fingerprint density at radius 2 is 1.54 bits per heavy atom. The van der Waals surface area contributed by atoms with Crippen molar-refractivity contribution in [2.45, 2.75) is 46.6 Å². The van der Waals surface area contributed by atoms with E-state index in [2.05, 4.69) is 27.7 Å². The Morgan fingerprint density at radius 3 is 1.92 bits per heavy atom. The molecule has 0 heterocycles. The van der Waals surface area contributed by atoms with E-state index in [1.807, 2.05) is 17.0 Å². The number of carbonyl (C=O) groups excluding carboxylic acids is 1. The van der Waals surface area contributed by atoms with Crippen molar-refractivity contribution >= 4 is 5.91 Å². The maximum absolute atomic E-state index is 12.6. The van der Waals surface area contributed by atoms with Gasteiger partial charge in [0, 0.05) is 19.0 Å². The van der Waals surface area contributed by atoms with Crippen LogP contribution in [0.2, 0.25) is 0 Å². The first-order valence-corrected chi connectivity index (χ1v) is 8.42. The molecule has 1 amide bonds. The van der Waals surface area contributed by atoms with E-state index in [9.17, 15) is 4.79 Å². The minimum atomic E-state index is 0.174. The summed E-state index contributed by atoms with van der Waals surface area (Å²) in [6, 6.07) is 4.01. The number of amides is 1. The summed E-state index contributed by atoms with van der Waals surface area (Å²) < 4.78 is 16.1. The highest BCUT2D eigenvalue weighted by Gasteiger charge is 2.19. The maximum Gasteiger partial charge on any atom is 0.223 e. The average molecular weight is 337 g/mol. The van der Waals surface area contributed by atoms with Crippen LogP contribution in [0.1, 0.15) is 39.7 Å². The highest BCUT2D eigenvalue weighted by Crippen LogP contribution is 2.38. The van der Waals surface area contributed by atoms with Crippen LogP contribution < -0.4 is 14.2 Å². The Kier molecular flexibility index (Phi) is 7.89. The molecule has 24 heavy (non-hydrogen) atoms. The van der Waals surface area contributed by atoms with Crippen LogP contribution in [-0.4, -0.2) is 44.7 Å². The predicted molar refractivity (Wildman–Crippen MR) is 96.1 cm³/mol. The number of hydrogen-bond acceptors (Lipinski definition) is 4. The Balaban J connectivity index is 2.87. The van der Waals surface area contributed by atoms with Crippen molar-refractivity contribution in [3.8, 4) is 17.2 Å². The molecule has 0 aliphatic rings. The molecule has 0 radical (unpaired) electrons. The van der Waals surface area contributed by atoms with Gasteiger partial charge in [-0.3, -0.25) is 4.79 Å². The quantitative estimate of drug-likeness (QED) is 0.691. The van der Waals surface area contributed by atoms with Crippen LogP contribution >= 0.6 is 0 Å². The second kappa shape index (κ2) is 9.40. The van der Waals surface area contributed by atoms with Crippen molar-refractivity contribution in [2.75, 3.05) is 27.9 Å². The van der Waals surface area contributed by atoms with Crippen molar-refractivity contribution < 1.29 is 19.0 Å². The molecule has 0 saturated carbocycles. The van der Waals surface area contributed by atoms with Crippen molar-refractivity contribution in [3.05, 3.63) is 17.7 Å². The van der Waals surface area contributed by atoms with Crippen LogP contribution in [0.15, 0.2) is 12.1 Å². The summed E-state index contributed by atoms with van der Waals surface area (Å²) in [6.45, 7) is 9.15. The third-order valence-corrected chi connectivity index (χ3v) is 3.86. The summed E-state index contributed by atoms with van der Waals surface area (Å²) in [7, 11) is 4.76. The number of aryl methyl sites for hydroxylation is 1. The third-order valence-electron chi connectivity index (χ3n) is 3.86. The van der Waals surface area contributed by atoms with Crippen molar-refractivity contribution in [2.24, 2.45) is 5.92 Å². The van der Waals surface area contributed by atoms with E-state index in [0.717, 1.165) is 12.1 Å². The zero-order valence-electron chi connectivity index (χ0n) is 16.0. The molecule has 1 aromatic rings. The number of hydrogen-bond donors (Lipinski definition) is 0. The van der Waals surface area contributed by atoms with Gasteiger partial charge in [0.1, 0.15) is 0 Å². The lowest BCUT2D eigenvalue weighted by Crippen LogP contribution is -2.39. The minimum Gasteiger partial charge on any atom is -0.493 e. The first-order chi connectivity index (χ1) is 11.3. The first kappa shape index (κ1) is 20.1. The lowest BCUT2D eigenvalue weighted by Gasteiger charge is -2.28. The van der Waals surface area contributed by atoms with Gasteiger partial charge >= 0.3 is 0 Å². The molecule has 5 nitrogen and oxygen atoms in total. The zero-order chi connectivity index (χ0) is 18.3. The fourth-order valence-electron chi connectivity index (χ4n) is 2.67. The SMILES string of the molecule is COc1cc(CCC(=O)N(CC(C)C)C(C)C)cc(OC)c1OC. The Labute approximate surface area is 145 Å². The van der Waals surface area contributed by atoms with E-state index in [-0.39, 0.29) is 11.9 Å². The normalized spacial score (nSPS) is 10.9. The van der Waals surface area contributed by atoms with Gasteiger partial charge < -0.3 is 19.1 Å². The summed E-state index contributed by atoms with van der Waals surface area (Å²) in [5, 5.41) is 0. The van der Waals surface area contributed by atoms with Crippen LogP contribution in [0.3, 0.4) is 0 Å². The van der Waals surface area contributed by atoms with Gasteiger partial charge in [-0.1, -0.05) is 13.8 Å². The van der Waals surface area contributed by atoms with E-state index in [1.165, 1.54) is 0 Å². The lowest BCUT2D eigenvalue weighted by molar-refractivity contribution is -0.133. The lowest BCUT2D eigenvalue weighted by atomic mass is 10.1. The molecule has 0 fully saturated rings. The molecule has 0 saturated heterocycles.